The first-order chi connectivity index (χ1) is 5.29. The quantitative estimate of drug-likeness (QED) is 0.676. The Kier molecular flexibility index (Phi) is 3.11. The highest BCUT2D eigenvalue weighted by Gasteiger charge is 1.94. The molecule has 1 heterocycles. The second kappa shape index (κ2) is 4.13. The first kappa shape index (κ1) is 8.27. The largest absolute Gasteiger partial charge is 0.348 e. The third kappa shape index (κ3) is 3.18. The van der Waals surface area contributed by atoms with Gasteiger partial charge in [-0.05, 0) is 0 Å². The zero-order valence-corrected chi connectivity index (χ0v) is 7.09. The predicted octanol–water partition coefficient (Wildman–Crippen LogP) is 0.950. The third-order valence-corrected chi connectivity index (χ3v) is 1.50. The first-order valence-electron chi connectivity index (χ1n) is 3.99. The first-order valence-corrected chi connectivity index (χ1v) is 3.99. The topological polar surface area (TPSA) is 40.7 Å². The molecule has 62 valence electrons. The minimum Gasteiger partial charge on any atom is -0.348 e. The Labute approximate surface area is 67.2 Å². The number of aromatic nitrogens is 2. The second-order valence-corrected chi connectivity index (χ2v) is 2.94. The summed E-state index contributed by atoms with van der Waals surface area (Å²) in [5.74, 6) is 0. The van der Waals surface area contributed by atoms with Gasteiger partial charge in [0.25, 0.3) is 0 Å². The van der Waals surface area contributed by atoms with E-state index in [1.165, 1.54) is 5.69 Å². The van der Waals surface area contributed by atoms with Crippen LogP contribution in [0.3, 0.4) is 0 Å². The Morgan fingerprint density at radius 3 is 3.00 bits per heavy atom. The number of nitrogens with zero attached hydrogens (tertiary/aromatic N) is 1. The molecule has 0 aromatic carbocycles. The Hall–Kier alpha value is -0.830. The van der Waals surface area contributed by atoms with E-state index in [0.29, 0.717) is 6.04 Å². The molecule has 0 unspecified atom stereocenters. The van der Waals surface area contributed by atoms with Crippen LogP contribution in [0.2, 0.25) is 0 Å². The normalized spacial score (nSPS) is 10.8. The molecule has 1 rings (SSSR count). The van der Waals surface area contributed by atoms with Gasteiger partial charge in [0.1, 0.15) is 0 Å². The number of imidazole rings is 1. The lowest BCUT2D eigenvalue weighted by atomic mass is 10.3. The second-order valence-electron chi connectivity index (χ2n) is 2.94. The number of nitrogens with one attached hydrogen (secondary N) is 2. The molecule has 0 amide bonds. The highest BCUT2D eigenvalue weighted by atomic mass is 14.9. The van der Waals surface area contributed by atoms with Crippen LogP contribution in [-0.2, 0) is 6.42 Å². The number of rotatable bonds is 4. The molecule has 0 fully saturated rings. The molecule has 3 heteroatoms. The van der Waals surface area contributed by atoms with Crippen molar-refractivity contribution in [1.29, 1.82) is 0 Å². The summed E-state index contributed by atoms with van der Waals surface area (Å²) >= 11 is 0. The average Bonchev–Trinajstić information content (AvgIpc) is 2.39. The maximum absolute atomic E-state index is 3.94. The molecular weight excluding hydrogens is 138 g/mol. The van der Waals surface area contributed by atoms with Gasteiger partial charge in [-0.25, -0.2) is 4.98 Å². The molecule has 0 saturated carbocycles. The van der Waals surface area contributed by atoms with Crippen molar-refractivity contribution in [2.75, 3.05) is 6.54 Å². The van der Waals surface area contributed by atoms with Crippen molar-refractivity contribution in [3.63, 3.8) is 0 Å². The lowest BCUT2D eigenvalue weighted by Crippen LogP contribution is -2.24. The molecule has 0 atom stereocenters. The van der Waals surface area contributed by atoms with Gasteiger partial charge in [0.2, 0.25) is 0 Å². The van der Waals surface area contributed by atoms with Gasteiger partial charge in [0.05, 0.1) is 6.33 Å². The van der Waals surface area contributed by atoms with Gasteiger partial charge < -0.3 is 10.3 Å². The molecule has 0 aliphatic rings. The van der Waals surface area contributed by atoms with Crippen molar-refractivity contribution >= 4 is 0 Å². The lowest BCUT2D eigenvalue weighted by Gasteiger charge is -2.05. The molecule has 0 aliphatic carbocycles. The molecule has 0 bridgehead atoms. The van der Waals surface area contributed by atoms with Crippen LogP contribution in [0.25, 0.3) is 0 Å². The van der Waals surface area contributed by atoms with Gasteiger partial charge in [-0.3, -0.25) is 0 Å². The van der Waals surface area contributed by atoms with E-state index in [2.05, 4.69) is 29.1 Å². The fraction of sp³-hybridized carbons (Fsp3) is 0.625. The number of hydrogen-bond donors (Lipinski definition) is 2. The third-order valence-electron chi connectivity index (χ3n) is 1.50. The van der Waals surface area contributed by atoms with E-state index in [9.17, 15) is 0 Å². The lowest BCUT2D eigenvalue weighted by molar-refractivity contribution is 0.588. The van der Waals surface area contributed by atoms with Crippen LogP contribution in [0.1, 0.15) is 19.5 Å². The monoisotopic (exact) mass is 153 g/mol. The summed E-state index contributed by atoms with van der Waals surface area (Å²) in [6.45, 7) is 5.31. The minimum atomic E-state index is 0.568. The summed E-state index contributed by atoms with van der Waals surface area (Å²) in [5.41, 5.74) is 1.19. The van der Waals surface area contributed by atoms with E-state index in [1.807, 2.05) is 6.20 Å². The van der Waals surface area contributed by atoms with Gasteiger partial charge in [-0.2, -0.15) is 0 Å². The van der Waals surface area contributed by atoms with E-state index < -0.39 is 0 Å². The molecule has 3 nitrogen and oxygen atoms in total. The zero-order chi connectivity index (χ0) is 8.10. The fourth-order valence-corrected chi connectivity index (χ4v) is 0.917. The van der Waals surface area contributed by atoms with Crippen LogP contribution in [0.15, 0.2) is 12.5 Å². The van der Waals surface area contributed by atoms with Crippen molar-refractivity contribution < 1.29 is 0 Å². The summed E-state index contributed by atoms with van der Waals surface area (Å²) in [4.78, 5) is 7.00. The van der Waals surface area contributed by atoms with Gasteiger partial charge in [-0.15, -0.1) is 0 Å². The molecule has 1 aromatic heterocycles. The molecule has 1 aromatic rings. The highest BCUT2D eigenvalue weighted by Crippen LogP contribution is 1.90. The molecule has 0 aliphatic heterocycles. The van der Waals surface area contributed by atoms with Crippen molar-refractivity contribution in [3.05, 3.63) is 18.2 Å². The van der Waals surface area contributed by atoms with Crippen molar-refractivity contribution in [2.24, 2.45) is 0 Å². The Bertz CT molecular complexity index is 179. The molecule has 0 saturated heterocycles. The summed E-state index contributed by atoms with van der Waals surface area (Å²) in [6.07, 6.45) is 4.60. The summed E-state index contributed by atoms with van der Waals surface area (Å²) in [6, 6.07) is 0.568. The highest BCUT2D eigenvalue weighted by molar-refractivity contribution is 4.94. The number of hydrogen-bond acceptors (Lipinski definition) is 2. The van der Waals surface area contributed by atoms with E-state index >= 15 is 0 Å². The van der Waals surface area contributed by atoms with Crippen LogP contribution in [-0.4, -0.2) is 22.6 Å². The molecule has 0 radical (unpaired) electrons. The zero-order valence-electron chi connectivity index (χ0n) is 7.09. The average molecular weight is 153 g/mol. The number of H-pyrrole nitrogens is 1. The minimum absolute atomic E-state index is 0.568. The molecule has 11 heavy (non-hydrogen) atoms. The van der Waals surface area contributed by atoms with E-state index in [1.54, 1.807) is 6.33 Å². The fourth-order valence-electron chi connectivity index (χ4n) is 0.917. The Morgan fingerprint density at radius 1 is 1.64 bits per heavy atom. The van der Waals surface area contributed by atoms with E-state index in [4.69, 9.17) is 0 Å². The van der Waals surface area contributed by atoms with Gasteiger partial charge >= 0.3 is 0 Å². The Balaban J connectivity index is 2.14. The smallest absolute Gasteiger partial charge is 0.0921 e. The molecule has 0 spiro atoms. The van der Waals surface area contributed by atoms with Gasteiger partial charge in [0.15, 0.2) is 0 Å². The van der Waals surface area contributed by atoms with Crippen LogP contribution in [0.4, 0.5) is 0 Å². The summed E-state index contributed by atoms with van der Waals surface area (Å²) in [5, 5.41) is 3.34. The van der Waals surface area contributed by atoms with Crippen molar-refractivity contribution in [3.8, 4) is 0 Å². The SMILES string of the molecule is CC(C)NCCc1cnc[nH]1. The maximum Gasteiger partial charge on any atom is 0.0921 e. The molecular formula is C8H15N3. The van der Waals surface area contributed by atoms with Crippen LogP contribution in [0.5, 0.6) is 0 Å². The van der Waals surface area contributed by atoms with Crippen LogP contribution >= 0.6 is 0 Å². The summed E-state index contributed by atoms with van der Waals surface area (Å²) in [7, 11) is 0. The van der Waals surface area contributed by atoms with E-state index in [0.717, 1.165) is 13.0 Å². The standard InChI is InChI=1S/C8H15N3/c1-7(2)10-4-3-8-5-9-6-11-8/h5-7,10H,3-4H2,1-2H3,(H,9,11). The van der Waals surface area contributed by atoms with E-state index in [-0.39, 0.29) is 0 Å². The van der Waals surface area contributed by atoms with Gasteiger partial charge in [-0.1, -0.05) is 13.8 Å². The van der Waals surface area contributed by atoms with Crippen molar-refractivity contribution in [2.45, 2.75) is 26.3 Å². The number of aromatic amines is 1. The van der Waals surface area contributed by atoms with Gasteiger partial charge in [0, 0.05) is 30.9 Å². The van der Waals surface area contributed by atoms with Crippen molar-refractivity contribution in [1.82, 2.24) is 15.3 Å². The van der Waals surface area contributed by atoms with Crippen LogP contribution < -0.4 is 5.32 Å². The maximum atomic E-state index is 3.94. The van der Waals surface area contributed by atoms with Crippen LogP contribution in [0, 0.1) is 0 Å². The summed E-state index contributed by atoms with van der Waals surface area (Å²) < 4.78 is 0. The predicted molar refractivity (Wildman–Crippen MR) is 45.4 cm³/mol. The molecule has 2 N–H and O–H groups in total. The Morgan fingerprint density at radius 2 is 2.45 bits per heavy atom.